The van der Waals surface area contributed by atoms with E-state index in [1.807, 2.05) is 24.4 Å². The number of H-pyrrole nitrogens is 1. The summed E-state index contributed by atoms with van der Waals surface area (Å²) in [6, 6.07) is 8.18. The monoisotopic (exact) mass is 429 g/mol. The summed E-state index contributed by atoms with van der Waals surface area (Å²) in [5.74, 6) is -0.702. The lowest BCUT2D eigenvalue weighted by Gasteiger charge is -2.19. The van der Waals surface area contributed by atoms with Crippen molar-refractivity contribution in [3.05, 3.63) is 66.9 Å². The molecule has 0 spiro atoms. The Balaban J connectivity index is 2.06. The Morgan fingerprint density at radius 1 is 1.20 bits per heavy atom. The van der Waals surface area contributed by atoms with Crippen LogP contribution in [0.1, 0.15) is 28.2 Å². The molecule has 3 rings (SSSR count). The van der Waals surface area contributed by atoms with Gasteiger partial charge in [-0.1, -0.05) is 12.1 Å². The van der Waals surface area contributed by atoms with Crippen molar-refractivity contribution in [2.24, 2.45) is 7.05 Å². The van der Waals surface area contributed by atoms with Gasteiger partial charge in [0.1, 0.15) is 11.4 Å². The van der Waals surface area contributed by atoms with E-state index in [-0.39, 0.29) is 34.4 Å². The zero-order valence-electron chi connectivity index (χ0n) is 17.0. The number of nitrogens with one attached hydrogen (secondary N) is 3. The van der Waals surface area contributed by atoms with Crippen LogP contribution in [-0.2, 0) is 7.05 Å². The Labute approximate surface area is 176 Å². The van der Waals surface area contributed by atoms with Gasteiger partial charge in [-0.05, 0) is 30.5 Å². The average Bonchev–Trinajstić information content (AvgIpc) is 3.24. The molecule has 10 heteroatoms. The highest BCUT2D eigenvalue weighted by molar-refractivity contribution is 7.10. The van der Waals surface area contributed by atoms with Crippen LogP contribution in [0.5, 0.6) is 5.75 Å². The van der Waals surface area contributed by atoms with E-state index in [1.54, 1.807) is 20.2 Å². The van der Waals surface area contributed by atoms with E-state index in [1.165, 1.54) is 35.4 Å². The maximum atomic E-state index is 12.8. The molecular formula is C20H23N5O4S. The molecule has 9 nitrogen and oxygen atoms in total. The van der Waals surface area contributed by atoms with Crippen LogP contribution in [0.3, 0.4) is 0 Å². The fourth-order valence-corrected chi connectivity index (χ4v) is 3.65. The number of aromatic hydroxyl groups is 1. The number of anilines is 3. The first-order chi connectivity index (χ1) is 14.2. The highest BCUT2D eigenvalue weighted by Crippen LogP contribution is 2.32. The predicted molar refractivity (Wildman–Crippen MR) is 118 cm³/mol. The Morgan fingerprint density at radius 2 is 1.93 bits per heavy atom. The van der Waals surface area contributed by atoms with E-state index < -0.39 is 17.0 Å². The summed E-state index contributed by atoms with van der Waals surface area (Å²) in [5, 5.41) is 20.9. The van der Waals surface area contributed by atoms with Gasteiger partial charge < -0.3 is 20.6 Å². The van der Waals surface area contributed by atoms with Gasteiger partial charge in [-0.25, -0.2) is 0 Å². The molecule has 1 amide bonds. The van der Waals surface area contributed by atoms with Gasteiger partial charge >= 0.3 is 0 Å². The smallest absolute Gasteiger partial charge is 0.290 e. The number of aryl methyl sites for hydroxylation is 1. The Hall–Kier alpha value is -3.53. The number of rotatable bonds is 6. The molecule has 2 heterocycles. The van der Waals surface area contributed by atoms with E-state index in [0.717, 1.165) is 9.56 Å². The quantitative estimate of drug-likeness (QED) is 0.447. The first kappa shape index (κ1) is 21.2. The van der Waals surface area contributed by atoms with E-state index in [9.17, 15) is 19.5 Å². The number of thiophene rings is 1. The largest absolute Gasteiger partial charge is 0.505 e. The van der Waals surface area contributed by atoms with Crippen molar-refractivity contribution >= 4 is 34.3 Å². The van der Waals surface area contributed by atoms with Crippen LogP contribution in [-0.4, -0.2) is 39.8 Å². The lowest BCUT2D eigenvalue weighted by Crippen LogP contribution is -2.32. The summed E-state index contributed by atoms with van der Waals surface area (Å²) in [4.78, 5) is 40.0. The minimum absolute atomic E-state index is 0.0498. The molecule has 0 unspecified atom stereocenters. The number of nitrogens with zero attached hydrogens (tertiary/aromatic N) is 2. The summed E-state index contributed by atoms with van der Waals surface area (Å²) in [6.07, 6.45) is 0. The Kier molecular flexibility index (Phi) is 5.97. The molecule has 158 valence electrons. The maximum Gasteiger partial charge on any atom is 0.290 e. The number of carbonyl (C=O) groups is 1. The first-order valence-corrected chi connectivity index (χ1v) is 10.0. The van der Waals surface area contributed by atoms with E-state index in [0.29, 0.717) is 0 Å². The topological polar surface area (TPSA) is 119 Å². The summed E-state index contributed by atoms with van der Waals surface area (Å²) in [6.45, 7) is 1.88. The van der Waals surface area contributed by atoms with Gasteiger partial charge in [0.15, 0.2) is 5.75 Å². The second-order valence-electron chi connectivity index (χ2n) is 6.96. The zero-order valence-corrected chi connectivity index (χ0v) is 17.8. The van der Waals surface area contributed by atoms with Crippen LogP contribution in [0.15, 0.2) is 45.3 Å². The minimum Gasteiger partial charge on any atom is -0.505 e. The number of benzene rings is 1. The number of hydrogen-bond donors (Lipinski definition) is 4. The molecule has 4 N–H and O–H groups in total. The molecule has 2 aromatic heterocycles. The number of hydrogen-bond acceptors (Lipinski definition) is 7. The van der Waals surface area contributed by atoms with Crippen molar-refractivity contribution in [1.82, 2.24) is 14.7 Å². The number of phenolic OH excluding ortho intramolecular Hbond substituents is 1. The van der Waals surface area contributed by atoms with Crippen molar-refractivity contribution in [3.63, 3.8) is 0 Å². The maximum absolute atomic E-state index is 12.8. The van der Waals surface area contributed by atoms with Crippen LogP contribution < -0.4 is 21.8 Å². The van der Waals surface area contributed by atoms with Crippen molar-refractivity contribution in [1.29, 1.82) is 0 Å². The van der Waals surface area contributed by atoms with Crippen LogP contribution in [0.25, 0.3) is 0 Å². The molecule has 0 aliphatic heterocycles. The Morgan fingerprint density at radius 3 is 2.57 bits per heavy atom. The second kappa shape index (κ2) is 8.46. The third-order valence-electron chi connectivity index (χ3n) is 4.53. The second-order valence-corrected chi connectivity index (χ2v) is 7.94. The summed E-state index contributed by atoms with van der Waals surface area (Å²) >= 11 is 1.52. The molecule has 30 heavy (non-hydrogen) atoms. The highest BCUT2D eigenvalue weighted by atomic mass is 32.1. The molecule has 0 saturated carbocycles. The van der Waals surface area contributed by atoms with Crippen molar-refractivity contribution in [3.8, 4) is 5.75 Å². The van der Waals surface area contributed by atoms with Crippen molar-refractivity contribution in [2.45, 2.75) is 13.0 Å². The van der Waals surface area contributed by atoms with Gasteiger partial charge in [0.05, 0.1) is 17.3 Å². The molecule has 0 fully saturated rings. The fraction of sp³-hybridized carbons (Fsp3) is 0.250. The third kappa shape index (κ3) is 4.08. The molecule has 0 saturated heterocycles. The van der Waals surface area contributed by atoms with Gasteiger partial charge in [0, 0.05) is 26.0 Å². The SMILES string of the molecule is C[C@@H](Nc1c(Nc2cccc(C(=O)N(C)C)c2O)c(=O)[nH]n(C)c1=O)c1cccs1. The summed E-state index contributed by atoms with van der Waals surface area (Å²) < 4.78 is 1.09. The molecule has 1 atom stereocenters. The molecule has 1 aromatic carbocycles. The standard InChI is InChI=1S/C20H23N5O4S/c1-11(14-9-6-10-30-14)21-16-15(18(27)23-25(4)20(16)29)22-13-8-5-7-12(17(13)26)19(28)24(2)3/h5-11,21-22,26H,1-4H3,(H,23,27)/t11-/m1/s1. The van der Waals surface area contributed by atoms with Gasteiger partial charge in [-0.2, -0.15) is 0 Å². The summed E-state index contributed by atoms with van der Waals surface area (Å²) in [7, 11) is 4.59. The van der Waals surface area contributed by atoms with Crippen LogP contribution in [0.2, 0.25) is 0 Å². The van der Waals surface area contributed by atoms with Crippen LogP contribution in [0, 0.1) is 0 Å². The highest BCUT2D eigenvalue weighted by Gasteiger charge is 2.21. The summed E-state index contributed by atoms with van der Waals surface area (Å²) in [5.41, 5.74) is -0.778. The van der Waals surface area contributed by atoms with Gasteiger partial charge in [0.2, 0.25) is 0 Å². The van der Waals surface area contributed by atoms with Crippen molar-refractivity contribution in [2.75, 3.05) is 24.7 Å². The number of aromatic amines is 1. The molecule has 3 aromatic rings. The molecule has 0 bridgehead atoms. The number of phenols is 1. The number of aromatic nitrogens is 2. The molecule has 0 aliphatic carbocycles. The molecule has 0 aliphatic rings. The number of amides is 1. The van der Waals surface area contributed by atoms with Crippen molar-refractivity contribution < 1.29 is 9.90 Å². The van der Waals surface area contributed by atoms with Gasteiger partial charge in [0.25, 0.3) is 17.0 Å². The Bertz CT molecular complexity index is 1180. The van der Waals surface area contributed by atoms with Gasteiger partial charge in [-0.15, -0.1) is 11.3 Å². The predicted octanol–water partition coefficient (Wildman–Crippen LogP) is 2.46. The lowest BCUT2D eigenvalue weighted by atomic mass is 10.1. The van der Waals surface area contributed by atoms with E-state index in [4.69, 9.17) is 0 Å². The molecule has 0 radical (unpaired) electrons. The van der Waals surface area contributed by atoms with Crippen LogP contribution in [0.4, 0.5) is 17.1 Å². The van der Waals surface area contributed by atoms with E-state index >= 15 is 0 Å². The normalized spacial score (nSPS) is 11.7. The van der Waals surface area contributed by atoms with E-state index in [2.05, 4.69) is 15.7 Å². The third-order valence-corrected chi connectivity index (χ3v) is 5.58. The fourth-order valence-electron chi connectivity index (χ4n) is 2.92. The lowest BCUT2D eigenvalue weighted by molar-refractivity contribution is 0.0824. The number of carbonyl (C=O) groups excluding carboxylic acids is 1. The average molecular weight is 430 g/mol. The van der Waals surface area contributed by atoms with Crippen LogP contribution >= 0.6 is 11.3 Å². The molecular weight excluding hydrogens is 406 g/mol. The zero-order chi connectivity index (χ0) is 22.0. The number of para-hydroxylation sites is 1. The minimum atomic E-state index is -0.554. The first-order valence-electron chi connectivity index (χ1n) is 9.14. The van der Waals surface area contributed by atoms with Gasteiger partial charge in [-0.3, -0.25) is 24.2 Å².